The molecule has 0 saturated carbocycles. The third kappa shape index (κ3) is 8.81. The molecule has 11 nitrogen and oxygen atoms in total. The van der Waals surface area contributed by atoms with Gasteiger partial charge in [0.15, 0.2) is 23.0 Å². The van der Waals surface area contributed by atoms with E-state index in [1.54, 1.807) is 41.1 Å². The van der Waals surface area contributed by atoms with E-state index >= 15 is 8.78 Å². The minimum absolute atomic E-state index is 0.0409. The summed E-state index contributed by atoms with van der Waals surface area (Å²) in [6, 6.07) is 17.2. The van der Waals surface area contributed by atoms with Gasteiger partial charge in [-0.25, -0.2) is 14.4 Å². The molecule has 3 N–H and O–H groups in total. The van der Waals surface area contributed by atoms with Gasteiger partial charge in [0.2, 0.25) is 5.82 Å². The molecule has 2 aliphatic rings. The van der Waals surface area contributed by atoms with Crippen molar-refractivity contribution in [3.8, 4) is 22.8 Å². The van der Waals surface area contributed by atoms with Gasteiger partial charge in [-0.05, 0) is 73.3 Å². The van der Waals surface area contributed by atoms with E-state index in [2.05, 4.69) is 33.0 Å². The van der Waals surface area contributed by atoms with E-state index in [9.17, 15) is 4.79 Å². The molecule has 1 unspecified atom stereocenters. The first kappa shape index (κ1) is 37.4. The van der Waals surface area contributed by atoms with Crippen LogP contribution in [0.1, 0.15) is 42.1 Å². The van der Waals surface area contributed by atoms with Crippen LogP contribution in [0, 0.1) is 23.5 Å². The third-order valence-corrected chi connectivity index (χ3v) is 10.3. The van der Waals surface area contributed by atoms with E-state index in [0.717, 1.165) is 60.7 Å². The van der Waals surface area contributed by atoms with Gasteiger partial charge in [-0.15, -0.1) is 0 Å². The number of nitrogens with one attached hydrogen (secondary N) is 3. The minimum Gasteiger partial charge on any atom is -0.554 e. The van der Waals surface area contributed by atoms with Crippen LogP contribution in [-0.2, 0) is 11.2 Å². The molecule has 278 valence electrons. The van der Waals surface area contributed by atoms with E-state index in [-0.39, 0.29) is 17.2 Å². The van der Waals surface area contributed by atoms with Gasteiger partial charge in [0, 0.05) is 67.5 Å². The number of imidazole rings is 1. The Bertz CT molecular complexity index is 2030. The number of fused-ring (bicyclic) bond motifs is 1. The van der Waals surface area contributed by atoms with Crippen LogP contribution >= 0.6 is 0 Å². The number of carboxylic acid groups (broad SMARTS) is 1. The van der Waals surface area contributed by atoms with Crippen molar-refractivity contribution in [3.63, 3.8) is 0 Å². The minimum atomic E-state index is -1.08. The molecule has 5 aromatic rings. The number of carbonyl (C=O) groups excluding carboxylic acids is 2. The van der Waals surface area contributed by atoms with Crippen LogP contribution in [0.3, 0.4) is 0 Å². The highest BCUT2D eigenvalue weighted by atomic mass is 19.2. The van der Waals surface area contributed by atoms with Gasteiger partial charge < -0.3 is 35.1 Å². The van der Waals surface area contributed by atoms with Gasteiger partial charge in [0.05, 0.1) is 38.6 Å². The van der Waals surface area contributed by atoms with Crippen molar-refractivity contribution in [1.29, 1.82) is 0 Å². The number of carbonyl (C=O) groups is 2. The van der Waals surface area contributed by atoms with Gasteiger partial charge in [-0.2, -0.15) is 4.39 Å². The highest BCUT2D eigenvalue weighted by Gasteiger charge is 2.33. The maximum absolute atomic E-state index is 15.4. The van der Waals surface area contributed by atoms with Crippen LogP contribution in [0.5, 0.6) is 11.5 Å². The zero-order valence-corrected chi connectivity index (χ0v) is 30.0. The van der Waals surface area contributed by atoms with E-state index in [1.165, 1.54) is 31.3 Å². The predicted molar refractivity (Wildman–Crippen MR) is 197 cm³/mol. The normalized spacial score (nSPS) is 19.6. The van der Waals surface area contributed by atoms with Gasteiger partial charge in [-0.1, -0.05) is 25.1 Å². The Morgan fingerprint density at radius 2 is 1.83 bits per heavy atom. The smallest absolute Gasteiger partial charge is 0.251 e. The highest BCUT2D eigenvalue weighted by molar-refractivity contribution is 5.96. The summed E-state index contributed by atoms with van der Waals surface area (Å²) in [5.41, 5.74) is 3.16. The molecule has 4 heterocycles. The Labute approximate surface area is 307 Å². The molecule has 0 radical (unpaired) electrons. The summed E-state index contributed by atoms with van der Waals surface area (Å²) in [5, 5.41) is 18.3. The number of hydrogen-bond donors (Lipinski definition) is 3. The van der Waals surface area contributed by atoms with E-state index in [4.69, 9.17) is 14.6 Å². The number of piperidine rings is 1. The number of ether oxygens (including phenoxy) is 1. The second kappa shape index (κ2) is 17.0. The highest BCUT2D eigenvalue weighted by Crippen LogP contribution is 2.34. The number of amides is 1. The predicted octanol–water partition coefficient (Wildman–Crippen LogP) is 5.33. The number of aromatic nitrogens is 3. The maximum Gasteiger partial charge on any atom is 0.251 e. The SMILES string of the molecule is CCc1cc(Nc2nccn3c(-c4ccc(Oc5ccccc5)c(F)c4F)cnc23)ccc1C(=O)NCC1CC[N+](C)(CC2CCNC2)CC1.O=C[O-]. The number of halogens is 2. The zero-order chi connectivity index (χ0) is 37.4. The average Bonchev–Trinajstić information content (AvgIpc) is 3.85. The molecule has 53 heavy (non-hydrogen) atoms. The van der Waals surface area contributed by atoms with Crippen LogP contribution < -0.4 is 25.8 Å². The second-order valence-electron chi connectivity index (χ2n) is 14.0. The summed E-state index contributed by atoms with van der Waals surface area (Å²) in [4.78, 5) is 30.6. The Balaban J connectivity index is 0.00000155. The summed E-state index contributed by atoms with van der Waals surface area (Å²) in [6.07, 6.45) is 8.92. The Kier molecular flexibility index (Phi) is 12.0. The quantitative estimate of drug-likeness (QED) is 0.123. The summed E-state index contributed by atoms with van der Waals surface area (Å²) in [5.74, 6) is -0.260. The van der Waals surface area contributed by atoms with E-state index in [0.29, 0.717) is 47.4 Å². The number of benzene rings is 3. The summed E-state index contributed by atoms with van der Waals surface area (Å²) >= 11 is 0. The summed E-state index contributed by atoms with van der Waals surface area (Å²) < 4.78 is 38.9. The van der Waals surface area contributed by atoms with Gasteiger partial charge in [-0.3, -0.25) is 9.20 Å². The fourth-order valence-corrected chi connectivity index (χ4v) is 7.41. The summed E-state index contributed by atoms with van der Waals surface area (Å²) in [7, 11) is 2.39. The van der Waals surface area contributed by atoms with Crippen LogP contribution in [0.15, 0.2) is 79.3 Å². The molecular weight excluding hydrogens is 680 g/mol. The standard InChI is InChI=1S/C39H43F2N7O2.CH2O2/c1-3-28-21-29(9-10-31(28)39(49)45-23-26-14-19-48(2,20-15-26)25-27-13-16-42-22-27)46-37-38-44-24-33(47(38)18-17-43-37)32-11-12-34(36(41)35(32)40)50-30-7-5-4-6-8-30;2-1-3/h4-12,17-18,21,24,26-27,42H,3,13-16,19-20,22-23,25H2,1-2H3,(H-,43,45,46,49);1H,(H,2,3). The lowest BCUT2D eigenvalue weighted by Gasteiger charge is -2.42. The number of nitrogens with zero attached hydrogens (tertiary/aromatic N) is 4. The molecule has 2 aliphatic heterocycles. The molecule has 3 aromatic carbocycles. The number of quaternary nitrogens is 1. The molecule has 0 spiro atoms. The van der Waals surface area contributed by atoms with Crippen molar-refractivity contribution in [1.82, 2.24) is 25.0 Å². The Morgan fingerprint density at radius 1 is 1.06 bits per heavy atom. The molecule has 2 fully saturated rings. The van der Waals surface area contributed by atoms with Crippen LogP contribution in [0.25, 0.3) is 16.9 Å². The number of para-hydroxylation sites is 1. The molecule has 1 atom stereocenters. The lowest BCUT2D eigenvalue weighted by atomic mass is 9.93. The molecule has 1 amide bonds. The third-order valence-electron chi connectivity index (χ3n) is 10.3. The first-order valence-electron chi connectivity index (χ1n) is 18.0. The van der Waals surface area contributed by atoms with Gasteiger partial charge in [0.1, 0.15) is 5.75 Å². The van der Waals surface area contributed by atoms with Crippen molar-refractivity contribution in [3.05, 3.63) is 102 Å². The number of anilines is 2. The number of rotatable bonds is 11. The molecule has 0 bridgehead atoms. The van der Waals surface area contributed by atoms with E-state index < -0.39 is 18.1 Å². The second-order valence-corrected chi connectivity index (χ2v) is 14.0. The topological polar surface area (TPSA) is 133 Å². The number of likely N-dealkylation sites (tertiary alicyclic amines) is 1. The van der Waals surface area contributed by atoms with Crippen LogP contribution in [0.2, 0.25) is 0 Å². The van der Waals surface area contributed by atoms with E-state index in [1.807, 2.05) is 31.2 Å². The van der Waals surface area contributed by atoms with Crippen LogP contribution in [-0.4, -0.2) is 77.5 Å². The van der Waals surface area contributed by atoms with Crippen molar-refractivity contribution < 1.29 is 32.7 Å². The molecule has 13 heteroatoms. The largest absolute Gasteiger partial charge is 0.554 e. The fourth-order valence-electron chi connectivity index (χ4n) is 7.41. The molecule has 2 saturated heterocycles. The molecular formula is C40H45F2N7O4. The lowest BCUT2D eigenvalue weighted by Crippen LogP contribution is -2.53. The number of aryl methyl sites for hydroxylation is 1. The zero-order valence-electron chi connectivity index (χ0n) is 30.0. The number of hydrogen-bond acceptors (Lipinski definition) is 8. The lowest BCUT2D eigenvalue weighted by molar-refractivity contribution is -0.918. The Hall–Kier alpha value is -5.40. The van der Waals surface area contributed by atoms with Crippen molar-refractivity contribution in [2.45, 2.75) is 32.6 Å². The molecule has 2 aromatic heterocycles. The van der Waals surface area contributed by atoms with Crippen LogP contribution in [0.4, 0.5) is 20.3 Å². The Morgan fingerprint density at radius 3 is 2.55 bits per heavy atom. The average molecular weight is 726 g/mol. The monoisotopic (exact) mass is 725 g/mol. The molecule has 7 rings (SSSR count). The van der Waals surface area contributed by atoms with Gasteiger partial charge >= 0.3 is 0 Å². The molecule has 0 aliphatic carbocycles. The first-order chi connectivity index (χ1) is 25.7. The first-order valence-corrected chi connectivity index (χ1v) is 18.0. The maximum atomic E-state index is 15.4. The van der Waals surface area contributed by atoms with Crippen molar-refractivity contribution >= 4 is 29.5 Å². The van der Waals surface area contributed by atoms with Crippen molar-refractivity contribution in [2.75, 3.05) is 51.6 Å². The fraction of sp³-hybridized carbons (Fsp3) is 0.350. The summed E-state index contributed by atoms with van der Waals surface area (Å²) in [6.45, 7) is 8.08. The van der Waals surface area contributed by atoms with Crippen molar-refractivity contribution in [2.24, 2.45) is 11.8 Å². The van der Waals surface area contributed by atoms with Gasteiger partial charge in [0.25, 0.3) is 5.91 Å².